The van der Waals surface area contributed by atoms with E-state index in [9.17, 15) is 14.9 Å². The largest absolute Gasteiger partial charge is 0.323 e. The van der Waals surface area contributed by atoms with E-state index >= 15 is 0 Å². The number of non-ortho nitro benzene ring substituents is 1. The predicted molar refractivity (Wildman–Crippen MR) is 77.8 cm³/mol. The Hall–Kier alpha value is -3.00. The molecule has 8 heteroatoms. The number of nitrogens with one attached hydrogen (secondary N) is 2. The fourth-order valence-electron chi connectivity index (χ4n) is 1.78. The number of pyridine rings is 1. The van der Waals surface area contributed by atoms with Crippen LogP contribution < -0.4 is 16.6 Å². The molecule has 0 atom stereocenters. The molecule has 0 aliphatic carbocycles. The molecule has 0 fully saturated rings. The number of aromatic nitrogens is 1. The van der Waals surface area contributed by atoms with Crippen molar-refractivity contribution >= 4 is 23.0 Å². The normalized spacial score (nSPS) is 10.0. The van der Waals surface area contributed by atoms with Crippen molar-refractivity contribution in [2.75, 3.05) is 10.7 Å². The van der Waals surface area contributed by atoms with E-state index in [1.807, 2.05) is 6.92 Å². The zero-order valence-electron chi connectivity index (χ0n) is 11.2. The molecule has 0 spiro atoms. The number of hydrogen-bond acceptors (Lipinski definition) is 6. The number of nitrogen functional groups attached to an aromatic ring is 1. The van der Waals surface area contributed by atoms with E-state index in [2.05, 4.69) is 15.7 Å². The van der Waals surface area contributed by atoms with Gasteiger partial charge in [-0.3, -0.25) is 25.7 Å². The summed E-state index contributed by atoms with van der Waals surface area (Å²) in [4.78, 5) is 26.4. The molecule has 4 N–H and O–H groups in total. The lowest BCUT2D eigenvalue weighted by Gasteiger charge is -2.09. The van der Waals surface area contributed by atoms with Gasteiger partial charge in [-0.1, -0.05) is 0 Å². The smallest absolute Gasteiger partial charge is 0.270 e. The summed E-state index contributed by atoms with van der Waals surface area (Å²) in [6.07, 6.45) is 3.13. The molecular formula is C13H13N5O3. The molecule has 1 aromatic carbocycles. The molecule has 1 amide bonds. The molecule has 0 radical (unpaired) electrons. The molecule has 2 aromatic rings. The van der Waals surface area contributed by atoms with Gasteiger partial charge in [0.15, 0.2) is 0 Å². The number of rotatable bonds is 4. The third-order valence-corrected chi connectivity index (χ3v) is 2.75. The fraction of sp³-hybridized carbons (Fsp3) is 0.0769. The molecule has 8 nitrogen and oxygen atoms in total. The Morgan fingerprint density at radius 1 is 1.33 bits per heavy atom. The van der Waals surface area contributed by atoms with Crippen molar-refractivity contribution in [3.63, 3.8) is 0 Å². The molecule has 21 heavy (non-hydrogen) atoms. The summed E-state index contributed by atoms with van der Waals surface area (Å²) in [5, 5.41) is 13.4. The van der Waals surface area contributed by atoms with Crippen molar-refractivity contribution in [1.82, 2.24) is 4.98 Å². The van der Waals surface area contributed by atoms with Gasteiger partial charge in [-0.05, 0) is 24.6 Å². The van der Waals surface area contributed by atoms with Crippen LogP contribution in [0.2, 0.25) is 0 Å². The van der Waals surface area contributed by atoms with E-state index in [1.54, 1.807) is 12.3 Å². The zero-order valence-corrected chi connectivity index (χ0v) is 11.2. The van der Waals surface area contributed by atoms with Gasteiger partial charge in [0.1, 0.15) is 0 Å². The first-order valence-corrected chi connectivity index (χ1v) is 5.99. The number of hydrazine groups is 1. The Kier molecular flexibility index (Phi) is 4.10. The van der Waals surface area contributed by atoms with Crippen molar-refractivity contribution in [2.24, 2.45) is 5.84 Å². The van der Waals surface area contributed by atoms with Gasteiger partial charge >= 0.3 is 0 Å². The summed E-state index contributed by atoms with van der Waals surface area (Å²) in [7, 11) is 0. The third-order valence-electron chi connectivity index (χ3n) is 2.75. The van der Waals surface area contributed by atoms with Gasteiger partial charge in [0.25, 0.3) is 11.6 Å². The maximum atomic E-state index is 12.2. The second-order valence-electron chi connectivity index (χ2n) is 4.34. The van der Waals surface area contributed by atoms with Crippen molar-refractivity contribution in [3.05, 3.63) is 57.9 Å². The number of hydrogen-bond donors (Lipinski definition) is 3. The molecule has 0 aliphatic heterocycles. The van der Waals surface area contributed by atoms with Gasteiger partial charge in [-0.15, -0.1) is 0 Å². The second kappa shape index (κ2) is 5.97. The number of aryl methyl sites for hydroxylation is 1. The first-order valence-electron chi connectivity index (χ1n) is 5.99. The summed E-state index contributed by atoms with van der Waals surface area (Å²) >= 11 is 0. The maximum Gasteiger partial charge on any atom is 0.270 e. The highest BCUT2D eigenvalue weighted by atomic mass is 16.6. The molecular weight excluding hydrogens is 274 g/mol. The van der Waals surface area contributed by atoms with Gasteiger partial charge in [0.05, 0.1) is 28.1 Å². The number of carbonyl (C=O) groups is 1. The highest BCUT2D eigenvalue weighted by Crippen LogP contribution is 2.22. The van der Waals surface area contributed by atoms with E-state index in [0.717, 1.165) is 11.6 Å². The number of nitro benzene ring substituents is 1. The van der Waals surface area contributed by atoms with Crippen molar-refractivity contribution in [1.29, 1.82) is 0 Å². The lowest BCUT2D eigenvalue weighted by Crippen LogP contribution is -2.17. The zero-order chi connectivity index (χ0) is 15.4. The maximum absolute atomic E-state index is 12.2. The topological polar surface area (TPSA) is 123 Å². The minimum absolute atomic E-state index is 0.0770. The van der Waals surface area contributed by atoms with Gasteiger partial charge < -0.3 is 10.7 Å². The van der Waals surface area contributed by atoms with Crippen molar-refractivity contribution in [2.45, 2.75) is 6.92 Å². The van der Waals surface area contributed by atoms with Crippen LogP contribution in [0.1, 0.15) is 15.9 Å². The standard InChI is InChI=1S/C13H13N5O3/c1-8-4-9(7-15-6-8)16-13(19)11-5-10(18(20)21)2-3-12(11)17-14/h2-7,17H,14H2,1H3,(H,16,19). The lowest BCUT2D eigenvalue weighted by molar-refractivity contribution is -0.384. The van der Waals surface area contributed by atoms with Crippen LogP contribution in [-0.4, -0.2) is 15.8 Å². The van der Waals surface area contributed by atoms with Crippen LogP contribution in [0.25, 0.3) is 0 Å². The number of amides is 1. The van der Waals surface area contributed by atoms with Crippen LogP contribution in [0.15, 0.2) is 36.7 Å². The molecule has 1 aromatic heterocycles. The lowest BCUT2D eigenvalue weighted by atomic mass is 10.1. The van der Waals surface area contributed by atoms with Crippen LogP contribution in [0, 0.1) is 17.0 Å². The van der Waals surface area contributed by atoms with E-state index < -0.39 is 10.8 Å². The summed E-state index contributed by atoms with van der Waals surface area (Å²) in [5.74, 6) is 4.81. The van der Waals surface area contributed by atoms with Crippen LogP contribution in [-0.2, 0) is 0 Å². The Labute approximate surface area is 120 Å². The summed E-state index contributed by atoms with van der Waals surface area (Å²) in [6, 6.07) is 5.54. The molecule has 2 rings (SSSR count). The summed E-state index contributed by atoms with van der Waals surface area (Å²) in [5.41, 5.74) is 3.89. The number of benzene rings is 1. The Balaban J connectivity index is 2.33. The van der Waals surface area contributed by atoms with Gasteiger partial charge in [0, 0.05) is 18.3 Å². The van der Waals surface area contributed by atoms with Gasteiger partial charge in [-0.2, -0.15) is 0 Å². The number of nitro groups is 1. The SMILES string of the molecule is Cc1cncc(NC(=O)c2cc([N+](=O)[O-])ccc2NN)c1. The fourth-order valence-corrected chi connectivity index (χ4v) is 1.78. The second-order valence-corrected chi connectivity index (χ2v) is 4.34. The quantitative estimate of drug-likeness (QED) is 0.448. The van der Waals surface area contributed by atoms with E-state index in [1.165, 1.54) is 18.3 Å². The molecule has 0 saturated carbocycles. The average molecular weight is 287 g/mol. The van der Waals surface area contributed by atoms with Crippen LogP contribution >= 0.6 is 0 Å². The first-order chi connectivity index (χ1) is 10.0. The molecule has 0 unspecified atom stereocenters. The number of anilines is 2. The molecule has 108 valence electrons. The molecule has 0 bridgehead atoms. The number of nitrogens with two attached hydrogens (primary N) is 1. The highest BCUT2D eigenvalue weighted by Gasteiger charge is 2.16. The first kappa shape index (κ1) is 14.4. The Morgan fingerprint density at radius 2 is 2.10 bits per heavy atom. The van der Waals surface area contributed by atoms with E-state index in [4.69, 9.17) is 5.84 Å². The van der Waals surface area contributed by atoms with E-state index in [0.29, 0.717) is 11.4 Å². The van der Waals surface area contributed by atoms with Crippen molar-refractivity contribution < 1.29 is 9.72 Å². The minimum atomic E-state index is -0.578. The monoisotopic (exact) mass is 287 g/mol. The van der Waals surface area contributed by atoms with Crippen LogP contribution in [0.4, 0.5) is 17.1 Å². The van der Waals surface area contributed by atoms with E-state index in [-0.39, 0.29) is 11.3 Å². The number of nitrogens with zero attached hydrogens (tertiary/aromatic N) is 2. The molecule has 0 aliphatic rings. The molecule has 1 heterocycles. The predicted octanol–water partition coefficient (Wildman–Crippen LogP) is 1.84. The molecule has 0 saturated heterocycles. The van der Waals surface area contributed by atoms with Crippen molar-refractivity contribution in [3.8, 4) is 0 Å². The van der Waals surface area contributed by atoms with Crippen LogP contribution in [0.3, 0.4) is 0 Å². The Bertz CT molecular complexity index is 702. The average Bonchev–Trinajstić information content (AvgIpc) is 2.46. The van der Waals surface area contributed by atoms with Crippen LogP contribution in [0.5, 0.6) is 0 Å². The minimum Gasteiger partial charge on any atom is -0.323 e. The number of carbonyl (C=O) groups excluding carboxylic acids is 1. The highest BCUT2D eigenvalue weighted by molar-refractivity contribution is 6.08. The summed E-state index contributed by atoms with van der Waals surface area (Å²) in [6.45, 7) is 1.84. The van der Waals surface area contributed by atoms with Gasteiger partial charge in [0.2, 0.25) is 0 Å². The Morgan fingerprint density at radius 3 is 2.71 bits per heavy atom. The van der Waals surface area contributed by atoms with Gasteiger partial charge in [-0.25, -0.2) is 0 Å². The summed E-state index contributed by atoms with van der Waals surface area (Å²) < 4.78 is 0. The third kappa shape index (κ3) is 3.31.